The van der Waals surface area contributed by atoms with E-state index in [2.05, 4.69) is 0 Å². The number of esters is 4. The molecular weight excluding hydrogens is 494 g/mol. The summed E-state index contributed by atoms with van der Waals surface area (Å²) in [5.41, 5.74) is -0.0248. The third kappa shape index (κ3) is 7.79. The molecule has 14 heteroatoms. The lowest BCUT2D eigenvalue weighted by molar-refractivity contribution is -0.387. The van der Waals surface area contributed by atoms with Gasteiger partial charge in [0.25, 0.3) is 0 Å². The first-order valence-corrected chi connectivity index (χ1v) is 10.8. The van der Waals surface area contributed by atoms with Crippen molar-refractivity contribution in [3.8, 4) is 5.75 Å². The Labute approximate surface area is 204 Å². The van der Waals surface area contributed by atoms with Gasteiger partial charge in [0.05, 0.1) is 4.92 Å². The summed E-state index contributed by atoms with van der Waals surface area (Å²) in [5.74, 6) is -3.42. The average Bonchev–Trinajstić information content (AvgIpc) is 2.75. The maximum Gasteiger partial charge on any atom is 0.311 e. The predicted octanol–water partition coefficient (Wildman–Crippen LogP) is 1.80. The van der Waals surface area contributed by atoms with Gasteiger partial charge in [-0.25, -0.2) is 0 Å². The molecule has 1 aliphatic rings. The van der Waals surface area contributed by atoms with E-state index in [0.29, 0.717) is 5.56 Å². The third-order valence-corrected chi connectivity index (χ3v) is 4.87. The number of nitrogens with zero attached hydrogens (tertiary/aromatic N) is 1. The van der Waals surface area contributed by atoms with Crippen molar-refractivity contribution in [3.63, 3.8) is 0 Å². The van der Waals surface area contributed by atoms with Crippen molar-refractivity contribution >= 4 is 41.2 Å². The SMILES string of the molecule is CC(=O)OC[C@H]1O[C@@H](Oc2ccc(CCl)cc2[N+](=O)[O-])[C@H](OC(C)=O)[C@@H](OC(C)=O)[C@H]1OC(C)=O. The molecule has 5 atom stereocenters. The molecule has 1 fully saturated rings. The van der Waals surface area contributed by atoms with Gasteiger partial charge in [0.1, 0.15) is 12.7 Å². The van der Waals surface area contributed by atoms with E-state index in [1.54, 1.807) is 0 Å². The molecule has 1 heterocycles. The van der Waals surface area contributed by atoms with Gasteiger partial charge in [0, 0.05) is 39.6 Å². The predicted molar refractivity (Wildman–Crippen MR) is 115 cm³/mol. The topological polar surface area (TPSA) is 167 Å². The largest absolute Gasteiger partial charge is 0.463 e. The van der Waals surface area contributed by atoms with E-state index in [0.717, 1.165) is 27.7 Å². The van der Waals surface area contributed by atoms with Gasteiger partial charge in [-0.2, -0.15) is 0 Å². The highest BCUT2D eigenvalue weighted by atomic mass is 35.5. The van der Waals surface area contributed by atoms with Crippen LogP contribution in [0.1, 0.15) is 33.3 Å². The van der Waals surface area contributed by atoms with Crippen molar-refractivity contribution in [3.05, 3.63) is 33.9 Å². The van der Waals surface area contributed by atoms with E-state index in [1.807, 2.05) is 0 Å². The van der Waals surface area contributed by atoms with E-state index < -0.39 is 71.8 Å². The summed E-state index contributed by atoms with van der Waals surface area (Å²) in [7, 11) is 0. The van der Waals surface area contributed by atoms with Gasteiger partial charge in [-0.3, -0.25) is 29.3 Å². The van der Waals surface area contributed by atoms with Crippen LogP contribution in [-0.4, -0.2) is 66.1 Å². The van der Waals surface area contributed by atoms with Gasteiger partial charge in [-0.1, -0.05) is 6.07 Å². The van der Waals surface area contributed by atoms with E-state index in [9.17, 15) is 29.3 Å². The number of rotatable bonds is 9. The fraction of sp³-hybridized carbons (Fsp3) is 0.524. The van der Waals surface area contributed by atoms with Crippen molar-refractivity contribution in [1.29, 1.82) is 0 Å². The molecule has 0 bridgehead atoms. The highest BCUT2D eigenvalue weighted by Crippen LogP contribution is 2.35. The lowest BCUT2D eigenvalue weighted by atomic mass is 9.98. The Kier molecular flexibility index (Phi) is 9.78. The van der Waals surface area contributed by atoms with Gasteiger partial charge in [0.15, 0.2) is 18.0 Å². The van der Waals surface area contributed by atoms with Crippen molar-refractivity contribution < 1.29 is 52.5 Å². The molecule has 13 nitrogen and oxygen atoms in total. The minimum atomic E-state index is -1.60. The Bertz CT molecular complexity index is 983. The van der Waals surface area contributed by atoms with Crippen LogP contribution in [0.25, 0.3) is 0 Å². The molecule has 35 heavy (non-hydrogen) atoms. The van der Waals surface area contributed by atoms with Gasteiger partial charge >= 0.3 is 29.6 Å². The number of hydrogen-bond acceptors (Lipinski definition) is 12. The summed E-state index contributed by atoms with van der Waals surface area (Å²) in [5, 5.41) is 11.6. The second-order valence-corrected chi connectivity index (χ2v) is 7.65. The Morgan fingerprint density at radius 1 is 0.943 bits per heavy atom. The molecule has 1 saturated heterocycles. The van der Waals surface area contributed by atoms with Crippen LogP contribution in [0.2, 0.25) is 0 Å². The minimum Gasteiger partial charge on any atom is -0.463 e. The Morgan fingerprint density at radius 2 is 1.51 bits per heavy atom. The fourth-order valence-electron chi connectivity index (χ4n) is 3.30. The van der Waals surface area contributed by atoms with Gasteiger partial charge in [0.2, 0.25) is 12.4 Å². The number of ether oxygens (including phenoxy) is 6. The molecular formula is C21H24ClNO12. The van der Waals surface area contributed by atoms with Crippen LogP contribution in [0.4, 0.5) is 5.69 Å². The van der Waals surface area contributed by atoms with Crippen molar-refractivity contribution in [1.82, 2.24) is 0 Å². The lowest BCUT2D eigenvalue weighted by Crippen LogP contribution is -2.63. The maximum atomic E-state index is 11.9. The normalized spacial score (nSPS) is 23.5. The van der Waals surface area contributed by atoms with Crippen LogP contribution in [0.15, 0.2) is 18.2 Å². The number of benzene rings is 1. The second-order valence-electron chi connectivity index (χ2n) is 7.38. The van der Waals surface area contributed by atoms with Crippen LogP contribution in [0, 0.1) is 10.1 Å². The summed E-state index contributed by atoms with van der Waals surface area (Å²) >= 11 is 5.76. The molecule has 1 aromatic rings. The van der Waals surface area contributed by atoms with Crippen LogP contribution >= 0.6 is 11.6 Å². The Morgan fingerprint density at radius 3 is 2.03 bits per heavy atom. The quantitative estimate of drug-likeness (QED) is 0.153. The third-order valence-electron chi connectivity index (χ3n) is 4.57. The van der Waals surface area contributed by atoms with Crippen LogP contribution < -0.4 is 4.74 Å². The molecule has 1 aliphatic heterocycles. The van der Waals surface area contributed by atoms with Gasteiger partial charge in [-0.05, 0) is 11.6 Å². The average molecular weight is 518 g/mol. The summed E-state index contributed by atoms with van der Waals surface area (Å²) in [6.07, 6.45) is -7.24. The molecule has 2 rings (SSSR count). The molecule has 0 unspecified atom stereocenters. The zero-order valence-electron chi connectivity index (χ0n) is 19.3. The monoisotopic (exact) mass is 517 g/mol. The first kappa shape index (κ1) is 27.8. The summed E-state index contributed by atoms with van der Waals surface area (Å²) in [6.45, 7) is 3.87. The summed E-state index contributed by atoms with van der Waals surface area (Å²) in [6, 6.07) is 3.93. The molecule has 0 aromatic heterocycles. The number of carbonyl (C=O) groups excluding carboxylic acids is 4. The summed E-state index contributed by atoms with van der Waals surface area (Å²) < 4.78 is 32.3. The van der Waals surface area contributed by atoms with Crippen molar-refractivity contribution in [2.24, 2.45) is 0 Å². The number of nitro benzene ring substituents is 1. The highest BCUT2D eigenvalue weighted by Gasteiger charge is 2.53. The van der Waals surface area contributed by atoms with Gasteiger partial charge in [-0.15, -0.1) is 11.6 Å². The molecule has 0 spiro atoms. The Hall–Kier alpha value is -3.45. The standard InChI is InChI=1S/C21H24ClNO12/c1-10(24)30-9-17-18(31-11(2)25)19(32-12(3)26)20(33-13(4)27)21(35-17)34-16-6-5-14(8-22)7-15(16)23(28)29/h5-7,17-21H,8-9H2,1-4H3/t17-,18+,19+,20-,21-/m1/s1. The minimum absolute atomic E-state index is 0.000170. The lowest BCUT2D eigenvalue weighted by Gasteiger charge is -2.43. The molecule has 0 radical (unpaired) electrons. The first-order valence-electron chi connectivity index (χ1n) is 10.2. The maximum absolute atomic E-state index is 11.9. The smallest absolute Gasteiger partial charge is 0.311 e. The van der Waals surface area contributed by atoms with E-state index >= 15 is 0 Å². The zero-order valence-corrected chi connectivity index (χ0v) is 20.0. The number of carbonyl (C=O) groups is 4. The second kappa shape index (κ2) is 12.3. The number of nitro groups is 1. The molecule has 1 aromatic carbocycles. The molecule has 0 aliphatic carbocycles. The number of halogens is 1. The highest BCUT2D eigenvalue weighted by molar-refractivity contribution is 6.17. The molecule has 0 N–H and O–H groups in total. The first-order chi connectivity index (χ1) is 16.4. The van der Waals surface area contributed by atoms with E-state index in [1.165, 1.54) is 18.2 Å². The van der Waals surface area contributed by atoms with Crippen LogP contribution in [0.5, 0.6) is 5.75 Å². The van der Waals surface area contributed by atoms with Crippen molar-refractivity contribution in [2.75, 3.05) is 6.61 Å². The van der Waals surface area contributed by atoms with Crippen molar-refractivity contribution in [2.45, 2.75) is 64.3 Å². The molecule has 192 valence electrons. The van der Waals surface area contributed by atoms with Crippen LogP contribution in [0.3, 0.4) is 0 Å². The Balaban J connectivity index is 2.55. The molecule has 0 saturated carbocycles. The van der Waals surface area contributed by atoms with Gasteiger partial charge < -0.3 is 28.4 Å². The molecule has 0 amide bonds. The van der Waals surface area contributed by atoms with E-state index in [-0.39, 0.29) is 11.6 Å². The summed E-state index contributed by atoms with van der Waals surface area (Å²) in [4.78, 5) is 57.7. The van der Waals surface area contributed by atoms with Crippen LogP contribution in [-0.2, 0) is 48.7 Å². The number of alkyl halides is 1. The number of hydrogen-bond donors (Lipinski definition) is 0. The zero-order chi connectivity index (χ0) is 26.3. The van der Waals surface area contributed by atoms with E-state index in [4.69, 9.17) is 40.0 Å². The fourth-order valence-corrected chi connectivity index (χ4v) is 3.46.